The normalized spacial score (nSPS) is 13.8. The van der Waals surface area contributed by atoms with Gasteiger partial charge >= 0.3 is 0 Å². The van der Waals surface area contributed by atoms with Gasteiger partial charge in [0.2, 0.25) is 0 Å². The molecule has 2 rings (SSSR count). The number of halogens is 1. The largest absolute Gasteiger partial charge is 0.484 e. The van der Waals surface area contributed by atoms with Crippen LogP contribution in [-0.2, 0) is 0 Å². The zero-order chi connectivity index (χ0) is 15.4. The van der Waals surface area contributed by atoms with Crippen LogP contribution in [0.15, 0.2) is 42.5 Å². The molecule has 2 unspecified atom stereocenters. The zero-order valence-electron chi connectivity index (χ0n) is 12.8. The van der Waals surface area contributed by atoms with Crippen molar-refractivity contribution in [3.63, 3.8) is 0 Å². The van der Waals surface area contributed by atoms with Crippen molar-refractivity contribution in [3.05, 3.63) is 65.0 Å². The standard InChI is InChI=1S/C18H22FNO/c1-4-17(20)18(14-5-7-15(19)8-6-14)21-16-10-12(2)9-13(3)11-16/h5-11,17-18H,4,20H2,1-3H3. The van der Waals surface area contributed by atoms with Crippen LogP contribution in [0.2, 0.25) is 0 Å². The van der Waals surface area contributed by atoms with Crippen molar-refractivity contribution >= 4 is 0 Å². The van der Waals surface area contributed by atoms with Crippen molar-refractivity contribution in [2.24, 2.45) is 5.73 Å². The smallest absolute Gasteiger partial charge is 0.139 e. The maximum absolute atomic E-state index is 13.1. The van der Waals surface area contributed by atoms with Gasteiger partial charge in [0.25, 0.3) is 0 Å². The summed E-state index contributed by atoms with van der Waals surface area (Å²) in [6.07, 6.45) is 0.504. The highest BCUT2D eigenvalue weighted by Crippen LogP contribution is 2.27. The first kappa shape index (κ1) is 15.5. The molecule has 2 aromatic rings. The molecular formula is C18H22FNO. The first-order chi connectivity index (χ1) is 9.99. The van der Waals surface area contributed by atoms with E-state index in [1.54, 1.807) is 12.1 Å². The summed E-state index contributed by atoms with van der Waals surface area (Å²) in [5.41, 5.74) is 9.38. The average molecular weight is 287 g/mol. The Labute approximate surface area is 125 Å². The van der Waals surface area contributed by atoms with Crippen molar-refractivity contribution in [1.82, 2.24) is 0 Å². The van der Waals surface area contributed by atoms with E-state index < -0.39 is 0 Å². The fraction of sp³-hybridized carbons (Fsp3) is 0.333. The average Bonchev–Trinajstić information content (AvgIpc) is 2.44. The van der Waals surface area contributed by atoms with Crippen molar-refractivity contribution < 1.29 is 9.13 Å². The third-order valence-electron chi connectivity index (χ3n) is 3.52. The van der Waals surface area contributed by atoms with Crippen LogP contribution in [0.3, 0.4) is 0 Å². The molecule has 0 heterocycles. The number of benzene rings is 2. The second-order valence-corrected chi connectivity index (χ2v) is 5.49. The fourth-order valence-corrected chi connectivity index (χ4v) is 2.42. The topological polar surface area (TPSA) is 35.2 Å². The van der Waals surface area contributed by atoms with E-state index in [0.29, 0.717) is 0 Å². The molecule has 2 N–H and O–H groups in total. The quantitative estimate of drug-likeness (QED) is 0.890. The van der Waals surface area contributed by atoms with Crippen molar-refractivity contribution in [2.75, 3.05) is 0 Å². The van der Waals surface area contributed by atoms with Gasteiger partial charge < -0.3 is 10.5 Å². The molecule has 0 fully saturated rings. The Morgan fingerprint density at radius 1 is 1.05 bits per heavy atom. The third-order valence-corrected chi connectivity index (χ3v) is 3.52. The van der Waals surface area contributed by atoms with E-state index >= 15 is 0 Å². The summed E-state index contributed by atoms with van der Waals surface area (Å²) in [5, 5.41) is 0. The second kappa shape index (κ2) is 6.72. The summed E-state index contributed by atoms with van der Waals surface area (Å²) in [6.45, 7) is 6.09. The minimum atomic E-state index is -0.281. The summed E-state index contributed by atoms with van der Waals surface area (Å²) >= 11 is 0. The molecule has 2 atom stereocenters. The Bertz CT molecular complexity index is 574. The zero-order valence-corrected chi connectivity index (χ0v) is 12.8. The summed E-state index contributed by atoms with van der Waals surface area (Å²) in [6, 6.07) is 12.3. The van der Waals surface area contributed by atoms with Gasteiger partial charge in [0.15, 0.2) is 0 Å². The lowest BCUT2D eigenvalue weighted by Crippen LogP contribution is -2.31. The first-order valence-corrected chi connectivity index (χ1v) is 7.25. The van der Waals surface area contributed by atoms with Crippen LogP contribution in [0, 0.1) is 19.7 Å². The second-order valence-electron chi connectivity index (χ2n) is 5.49. The van der Waals surface area contributed by atoms with Crippen LogP contribution in [-0.4, -0.2) is 6.04 Å². The Hall–Kier alpha value is -1.87. The Kier molecular flexibility index (Phi) is 4.97. The van der Waals surface area contributed by atoms with Crippen LogP contribution in [0.4, 0.5) is 4.39 Å². The molecule has 0 aliphatic carbocycles. The Morgan fingerprint density at radius 2 is 1.62 bits per heavy atom. The number of aryl methyl sites for hydroxylation is 2. The molecule has 0 aromatic heterocycles. The highest BCUT2D eigenvalue weighted by Gasteiger charge is 2.20. The molecule has 0 amide bonds. The third kappa shape index (κ3) is 4.05. The first-order valence-electron chi connectivity index (χ1n) is 7.25. The summed E-state index contributed by atoms with van der Waals surface area (Å²) in [4.78, 5) is 0. The van der Waals surface area contributed by atoms with Gasteiger partial charge in [-0.3, -0.25) is 0 Å². The Balaban J connectivity index is 2.30. The van der Waals surface area contributed by atoms with E-state index in [-0.39, 0.29) is 18.0 Å². The molecule has 2 aromatic carbocycles. The lowest BCUT2D eigenvalue weighted by atomic mass is 10.0. The van der Waals surface area contributed by atoms with Crippen LogP contribution in [0.1, 0.15) is 36.1 Å². The van der Waals surface area contributed by atoms with Gasteiger partial charge in [0.05, 0.1) is 0 Å². The molecular weight excluding hydrogens is 265 g/mol. The van der Waals surface area contributed by atoms with Crippen LogP contribution in [0.5, 0.6) is 5.75 Å². The van der Waals surface area contributed by atoms with E-state index in [2.05, 4.69) is 6.07 Å². The van der Waals surface area contributed by atoms with Gasteiger partial charge in [-0.1, -0.05) is 25.1 Å². The van der Waals surface area contributed by atoms with Gasteiger partial charge in [0.1, 0.15) is 17.7 Å². The Morgan fingerprint density at radius 3 is 2.14 bits per heavy atom. The van der Waals surface area contributed by atoms with Gasteiger partial charge in [-0.05, 0) is 61.2 Å². The minimum Gasteiger partial charge on any atom is -0.484 e. The van der Waals surface area contributed by atoms with E-state index in [9.17, 15) is 4.39 Å². The van der Waals surface area contributed by atoms with Crippen LogP contribution < -0.4 is 10.5 Å². The molecule has 0 aliphatic heterocycles. The van der Waals surface area contributed by atoms with E-state index in [0.717, 1.165) is 28.9 Å². The monoisotopic (exact) mass is 287 g/mol. The maximum Gasteiger partial charge on any atom is 0.139 e. The number of nitrogens with two attached hydrogens (primary N) is 1. The number of hydrogen-bond acceptors (Lipinski definition) is 2. The van der Waals surface area contributed by atoms with Gasteiger partial charge in [-0.2, -0.15) is 0 Å². The van der Waals surface area contributed by atoms with Gasteiger partial charge in [-0.25, -0.2) is 4.39 Å². The fourth-order valence-electron chi connectivity index (χ4n) is 2.42. The molecule has 0 radical (unpaired) electrons. The highest BCUT2D eigenvalue weighted by atomic mass is 19.1. The van der Waals surface area contributed by atoms with Crippen molar-refractivity contribution in [1.29, 1.82) is 0 Å². The minimum absolute atomic E-state index is 0.142. The molecule has 0 saturated carbocycles. The molecule has 112 valence electrons. The maximum atomic E-state index is 13.1. The van der Waals surface area contributed by atoms with Crippen molar-refractivity contribution in [2.45, 2.75) is 39.3 Å². The number of rotatable bonds is 5. The van der Waals surface area contributed by atoms with E-state index in [1.807, 2.05) is 32.9 Å². The lowest BCUT2D eigenvalue weighted by molar-refractivity contribution is 0.171. The molecule has 0 bridgehead atoms. The number of ether oxygens (including phenoxy) is 1. The predicted molar refractivity (Wildman–Crippen MR) is 84.0 cm³/mol. The van der Waals surface area contributed by atoms with Crippen LogP contribution >= 0.6 is 0 Å². The van der Waals surface area contributed by atoms with Gasteiger partial charge in [0, 0.05) is 6.04 Å². The molecule has 21 heavy (non-hydrogen) atoms. The van der Waals surface area contributed by atoms with E-state index in [1.165, 1.54) is 12.1 Å². The lowest BCUT2D eigenvalue weighted by Gasteiger charge is -2.25. The van der Waals surface area contributed by atoms with Gasteiger partial charge in [-0.15, -0.1) is 0 Å². The van der Waals surface area contributed by atoms with Crippen LogP contribution in [0.25, 0.3) is 0 Å². The molecule has 3 heteroatoms. The van der Waals surface area contributed by atoms with Crippen molar-refractivity contribution in [3.8, 4) is 5.75 Å². The summed E-state index contributed by atoms with van der Waals surface area (Å²) in [5.74, 6) is 0.541. The predicted octanol–water partition coefficient (Wildman–Crippen LogP) is 4.30. The number of hydrogen-bond donors (Lipinski definition) is 1. The molecule has 0 saturated heterocycles. The summed E-state index contributed by atoms with van der Waals surface area (Å²) in [7, 11) is 0. The SMILES string of the molecule is CCC(N)C(Oc1cc(C)cc(C)c1)c1ccc(F)cc1. The molecule has 0 spiro atoms. The molecule has 2 nitrogen and oxygen atoms in total. The highest BCUT2D eigenvalue weighted by molar-refractivity contribution is 5.34. The molecule has 0 aliphatic rings. The summed E-state index contributed by atoms with van der Waals surface area (Å²) < 4.78 is 19.2. The van der Waals surface area contributed by atoms with E-state index in [4.69, 9.17) is 10.5 Å².